The Kier molecular flexibility index (Phi) is 6.66. The van der Waals surface area contributed by atoms with Crippen molar-refractivity contribution < 1.29 is 19.2 Å². The molecule has 30 heavy (non-hydrogen) atoms. The van der Waals surface area contributed by atoms with Gasteiger partial charge in [-0.05, 0) is 54.1 Å². The number of nitrogens with one attached hydrogen (secondary N) is 1. The lowest BCUT2D eigenvalue weighted by Gasteiger charge is -2.05. The number of carbonyl (C=O) groups is 2. The summed E-state index contributed by atoms with van der Waals surface area (Å²) in [6, 6.07) is 18.7. The van der Waals surface area contributed by atoms with Crippen molar-refractivity contribution in [1.82, 2.24) is 5.43 Å². The van der Waals surface area contributed by atoms with Gasteiger partial charge in [-0.25, -0.2) is 10.2 Å². The van der Waals surface area contributed by atoms with Crippen LogP contribution in [0.3, 0.4) is 0 Å². The molecule has 0 unspecified atom stereocenters. The number of rotatable bonds is 6. The Morgan fingerprint density at radius 3 is 2.47 bits per heavy atom. The number of nitrogens with zero attached hydrogens (tertiary/aromatic N) is 2. The molecule has 0 aliphatic heterocycles. The smallest absolute Gasteiger partial charge is 0.350 e. The van der Waals surface area contributed by atoms with Gasteiger partial charge >= 0.3 is 5.97 Å². The second-order valence-corrected chi connectivity index (χ2v) is 6.86. The summed E-state index contributed by atoms with van der Waals surface area (Å²) in [7, 11) is 0. The maximum atomic E-state index is 12.2. The molecule has 9 heteroatoms. The monoisotopic (exact) mass is 467 g/mol. The van der Waals surface area contributed by atoms with Crippen LogP contribution in [0.5, 0.6) is 5.75 Å². The molecule has 0 radical (unpaired) electrons. The molecule has 3 aromatic carbocycles. The van der Waals surface area contributed by atoms with Crippen molar-refractivity contribution in [2.75, 3.05) is 0 Å². The number of halogens is 1. The lowest BCUT2D eigenvalue weighted by Crippen LogP contribution is -2.17. The Hall–Kier alpha value is -3.85. The first-order valence-corrected chi connectivity index (χ1v) is 9.38. The Morgan fingerprint density at radius 1 is 1.03 bits per heavy atom. The SMILES string of the molecule is O=C(N/N=C\c1ccc(OC(=O)c2ccccc2[N+](=O)[O-])cc1)c1cccc(Br)c1. The quantitative estimate of drug-likeness (QED) is 0.190. The maximum Gasteiger partial charge on any atom is 0.350 e. The van der Waals surface area contributed by atoms with Crippen molar-refractivity contribution in [2.24, 2.45) is 5.10 Å². The fourth-order valence-corrected chi connectivity index (χ4v) is 2.85. The van der Waals surface area contributed by atoms with Crippen molar-refractivity contribution in [3.63, 3.8) is 0 Å². The van der Waals surface area contributed by atoms with E-state index in [1.165, 1.54) is 42.6 Å². The molecule has 0 saturated carbocycles. The van der Waals surface area contributed by atoms with Crippen LogP contribution in [-0.2, 0) is 0 Å². The zero-order valence-corrected chi connectivity index (χ0v) is 16.9. The van der Waals surface area contributed by atoms with Gasteiger partial charge in [0.2, 0.25) is 0 Å². The van der Waals surface area contributed by atoms with Crippen molar-refractivity contribution >= 4 is 39.7 Å². The highest BCUT2D eigenvalue weighted by Gasteiger charge is 2.20. The number of nitro benzene ring substituents is 1. The molecule has 0 fully saturated rings. The van der Waals surface area contributed by atoms with Gasteiger partial charge in [0.05, 0.1) is 11.1 Å². The van der Waals surface area contributed by atoms with Gasteiger partial charge in [-0.15, -0.1) is 0 Å². The van der Waals surface area contributed by atoms with Crippen molar-refractivity contribution in [3.8, 4) is 5.75 Å². The van der Waals surface area contributed by atoms with E-state index >= 15 is 0 Å². The molecule has 0 saturated heterocycles. The van der Waals surface area contributed by atoms with E-state index in [0.717, 1.165) is 4.47 Å². The molecule has 0 aliphatic carbocycles. The standard InChI is InChI=1S/C21H14BrN3O5/c22-16-5-3-4-15(12-16)20(26)24-23-13-14-8-10-17(11-9-14)30-21(27)18-6-1-2-7-19(18)25(28)29/h1-13H,(H,24,26)/b23-13-. The Morgan fingerprint density at radius 2 is 1.77 bits per heavy atom. The number of hydrogen-bond donors (Lipinski definition) is 1. The van der Waals surface area contributed by atoms with Crippen LogP contribution in [0.15, 0.2) is 82.4 Å². The molecule has 150 valence electrons. The summed E-state index contributed by atoms with van der Waals surface area (Å²) >= 11 is 3.30. The topological polar surface area (TPSA) is 111 Å². The van der Waals surface area contributed by atoms with Gasteiger partial charge in [-0.2, -0.15) is 5.10 Å². The van der Waals surface area contributed by atoms with Crippen molar-refractivity contribution in [2.45, 2.75) is 0 Å². The Labute approximate surface area is 179 Å². The molecule has 8 nitrogen and oxygen atoms in total. The van der Waals surface area contributed by atoms with Crippen LogP contribution in [0.2, 0.25) is 0 Å². The second kappa shape index (κ2) is 9.57. The van der Waals surface area contributed by atoms with E-state index in [2.05, 4.69) is 26.5 Å². The molecule has 0 spiro atoms. The molecular weight excluding hydrogens is 454 g/mol. The lowest BCUT2D eigenvalue weighted by molar-refractivity contribution is -0.385. The highest BCUT2D eigenvalue weighted by Crippen LogP contribution is 2.20. The fraction of sp³-hybridized carbons (Fsp3) is 0. The third-order valence-electron chi connectivity index (χ3n) is 3.88. The second-order valence-electron chi connectivity index (χ2n) is 5.94. The van der Waals surface area contributed by atoms with E-state index in [-0.39, 0.29) is 22.9 Å². The van der Waals surface area contributed by atoms with E-state index in [9.17, 15) is 19.7 Å². The van der Waals surface area contributed by atoms with Crippen molar-refractivity contribution in [3.05, 3.63) is 104 Å². The lowest BCUT2D eigenvalue weighted by atomic mass is 10.2. The van der Waals surface area contributed by atoms with E-state index in [1.54, 1.807) is 30.3 Å². The van der Waals surface area contributed by atoms with Crippen molar-refractivity contribution in [1.29, 1.82) is 0 Å². The average molecular weight is 468 g/mol. The summed E-state index contributed by atoms with van der Waals surface area (Å²) in [4.78, 5) is 34.6. The molecule has 1 N–H and O–H groups in total. The molecule has 3 aromatic rings. The summed E-state index contributed by atoms with van der Waals surface area (Å²) in [5.41, 5.74) is 3.06. The van der Waals surface area contributed by atoms with Crippen LogP contribution in [0.25, 0.3) is 0 Å². The number of hydrazone groups is 1. The highest BCUT2D eigenvalue weighted by atomic mass is 79.9. The average Bonchev–Trinajstić information content (AvgIpc) is 2.74. The third-order valence-corrected chi connectivity index (χ3v) is 4.37. The minimum absolute atomic E-state index is 0.136. The summed E-state index contributed by atoms with van der Waals surface area (Å²) in [6.45, 7) is 0. The number of carbonyl (C=O) groups excluding carboxylic acids is 2. The third kappa shape index (κ3) is 5.36. The van der Waals surface area contributed by atoms with E-state index in [1.807, 2.05) is 6.07 Å². The first kappa shape index (κ1) is 20.9. The molecular formula is C21H14BrN3O5. The van der Waals surface area contributed by atoms with Crippen LogP contribution in [0, 0.1) is 10.1 Å². The molecule has 1 amide bonds. The normalized spacial score (nSPS) is 10.6. The fourth-order valence-electron chi connectivity index (χ4n) is 2.45. The predicted molar refractivity (Wildman–Crippen MR) is 114 cm³/mol. The van der Waals surface area contributed by atoms with E-state index in [4.69, 9.17) is 4.74 Å². The Bertz CT molecular complexity index is 1130. The number of nitro groups is 1. The Balaban J connectivity index is 1.61. The minimum Gasteiger partial charge on any atom is -0.423 e. The van der Waals surface area contributed by atoms with E-state index < -0.39 is 10.9 Å². The van der Waals surface area contributed by atoms with Crippen LogP contribution in [0.1, 0.15) is 26.3 Å². The van der Waals surface area contributed by atoms with Crippen LogP contribution in [0.4, 0.5) is 5.69 Å². The molecule has 0 atom stereocenters. The van der Waals surface area contributed by atoms with Crippen LogP contribution >= 0.6 is 15.9 Å². The highest BCUT2D eigenvalue weighted by molar-refractivity contribution is 9.10. The first-order chi connectivity index (χ1) is 14.4. The summed E-state index contributed by atoms with van der Waals surface area (Å²) in [6.07, 6.45) is 1.43. The minimum atomic E-state index is -0.829. The van der Waals surface area contributed by atoms with Gasteiger partial charge in [-0.1, -0.05) is 34.1 Å². The molecule has 0 bridgehead atoms. The summed E-state index contributed by atoms with van der Waals surface area (Å²) in [5, 5.41) is 14.9. The largest absolute Gasteiger partial charge is 0.423 e. The van der Waals surface area contributed by atoms with Gasteiger partial charge in [-0.3, -0.25) is 14.9 Å². The first-order valence-electron chi connectivity index (χ1n) is 8.58. The molecule has 3 rings (SSSR count). The maximum absolute atomic E-state index is 12.2. The summed E-state index contributed by atoms with van der Waals surface area (Å²) < 4.78 is 5.98. The molecule has 0 aromatic heterocycles. The zero-order chi connectivity index (χ0) is 21.5. The number of amides is 1. The van der Waals surface area contributed by atoms with Gasteiger partial charge in [0, 0.05) is 16.1 Å². The predicted octanol–water partition coefficient (Wildman–Crippen LogP) is 4.34. The van der Waals surface area contributed by atoms with Gasteiger partial charge in [0.1, 0.15) is 11.3 Å². The van der Waals surface area contributed by atoms with Crippen LogP contribution in [-0.4, -0.2) is 23.0 Å². The van der Waals surface area contributed by atoms with Gasteiger partial charge < -0.3 is 4.74 Å². The number of hydrogen-bond acceptors (Lipinski definition) is 6. The zero-order valence-electron chi connectivity index (χ0n) is 15.3. The van der Waals surface area contributed by atoms with E-state index in [0.29, 0.717) is 11.1 Å². The van der Waals surface area contributed by atoms with Crippen LogP contribution < -0.4 is 10.2 Å². The molecule has 0 heterocycles. The number of esters is 1. The number of benzene rings is 3. The summed E-state index contributed by atoms with van der Waals surface area (Å²) in [5.74, 6) is -0.971. The van der Waals surface area contributed by atoms with Gasteiger partial charge in [0.15, 0.2) is 0 Å². The number of ether oxygens (including phenoxy) is 1. The van der Waals surface area contributed by atoms with Gasteiger partial charge in [0.25, 0.3) is 11.6 Å². The molecule has 0 aliphatic rings. The number of para-hydroxylation sites is 1.